The monoisotopic (exact) mass is 463 g/mol. The quantitative estimate of drug-likeness (QED) is 0.595. The molecular formula is C20H20ClF2N7O2. The highest BCUT2D eigenvalue weighted by molar-refractivity contribution is 6.30. The number of anilines is 1. The molecule has 2 aromatic heterocycles. The van der Waals surface area contributed by atoms with E-state index in [1.807, 2.05) is 0 Å². The molecule has 0 unspecified atom stereocenters. The fraction of sp³-hybridized carbons (Fsp3) is 0.350. The van der Waals surface area contributed by atoms with Crippen LogP contribution >= 0.6 is 11.6 Å². The Morgan fingerprint density at radius 3 is 2.91 bits per heavy atom. The second kappa shape index (κ2) is 8.65. The van der Waals surface area contributed by atoms with Crippen LogP contribution < -0.4 is 11.1 Å². The Labute approximate surface area is 186 Å². The van der Waals surface area contributed by atoms with Crippen LogP contribution in [-0.4, -0.2) is 55.0 Å². The number of carbonyl (C=O) groups is 2. The van der Waals surface area contributed by atoms with Gasteiger partial charge in [0.15, 0.2) is 17.0 Å². The van der Waals surface area contributed by atoms with Gasteiger partial charge in [0.05, 0.1) is 11.6 Å². The van der Waals surface area contributed by atoms with Crippen molar-refractivity contribution in [3.63, 3.8) is 0 Å². The molecule has 12 heteroatoms. The normalized spacial score (nSPS) is 18.3. The van der Waals surface area contributed by atoms with Crippen LogP contribution in [0, 0.1) is 12.7 Å². The number of carbonyl (C=O) groups excluding carboxylic acids is 2. The first-order valence-corrected chi connectivity index (χ1v) is 10.2. The highest BCUT2D eigenvalue weighted by Crippen LogP contribution is 2.24. The van der Waals surface area contributed by atoms with Crippen molar-refractivity contribution in [2.45, 2.75) is 38.6 Å². The minimum absolute atomic E-state index is 0.0642. The van der Waals surface area contributed by atoms with E-state index in [0.717, 1.165) is 0 Å². The minimum Gasteiger partial charge on any atom is -0.382 e. The summed E-state index contributed by atoms with van der Waals surface area (Å²) >= 11 is 5.76. The van der Waals surface area contributed by atoms with Crippen molar-refractivity contribution >= 4 is 40.4 Å². The van der Waals surface area contributed by atoms with E-state index < -0.39 is 29.8 Å². The summed E-state index contributed by atoms with van der Waals surface area (Å²) in [7, 11) is 0. The Hall–Kier alpha value is -3.34. The first-order chi connectivity index (χ1) is 15.3. The van der Waals surface area contributed by atoms with Gasteiger partial charge in [-0.15, -0.1) is 0 Å². The first kappa shape index (κ1) is 21.9. The Morgan fingerprint density at radius 1 is 1.34 bits per heavy atom. The molecule has 0 aliphatic carbocycles. The number of amides is 2. The van der Waals surface area contributed by atoms with Gasteiger partial charge in [-0.05, 0) is 13.0 Å². The molecular weight excluding hydrogens is 444 g/mol. The van der Waals surface area contributed by atoms with Crippen LogP contribution in [0.3, 0.4) is 0 Å². The number of alkyl halides is 1. The van der Waals surface area contributed by atoms with Gasteiger partial charge in [0.1, 0.15) is 36.7 Å². The third kappa shape index (κ3) is 4.07. The highest BCUT2D eigenvalue weighted by Gasteiger charge is 2.40. The average Bonchev–Trinajstić information content (AvgIpc) is 3.30. The third-order valence-corrected chi connectivity index (χ3v) is 5.69. The molecule has 3 heterocycles. The number of nitrogens with two attached hydrogens (primary N) is 1. The molecule has 1 aliphatic heterocycles. The van der Waals surface area contributed by atoms with Crippen LogP contribution in [0.5, 0.6) is 0 Å². The average molecular weight is 464 g/mol. The Kier molecular flexibility index (Phi) is 5.92. The summed E-state index contributed by atoms with van der Waals surface area (Å²) in [4.78, 5) is 39.2. The van der Waals surface area contributed by atoms with E-state index in [9.17, 15) is 18.4 Å². The number of rotatable bonds is 5. The molecule has 1 fully saturated rings. The molecule has 1 aromatic carbocycles. The molecule has 32 heavy (non-hydrogen) atoms. The van der Waals surface area contributed by atoms with Gasteiger partial charge in [0.2, 0.25) is 11.8 Å². The molecule has 2 atom stereocenters. The topological polar surface area (TPSA) is 119 Å². The minimum atomic E-state index is -1.35. The maximum absolute atomic E-state index is 14.2. The van der Waals surface area contributed by atoms with Crippen molar-refractivity contribution in [2.24, 2.45) is 0 Å². The molecule has 0 saturated carbocycles. The van der Waals surface area contributed by atoms with Gasteiger partial charge in [-0.2, -0.15) is 0 Å². The van der Waals surface area contributed by atoms with E-state index in [1.165, 1.54) is 27.9 Å². The predicted octanol–water partition coefficient (Wildman–Crippen LogP) is 1.76. The van der Waals surface area contributed by atoms with Crippen molar-refractivity contribution in [1.82, 2.24) is 29.7 Å². The van der Waals surface area contributed by atoms with Crippen LogP contribution in [0.1, 0.15) is 17.8 Å². The van der Waals surface area contributed by atoms with Gasteiger partial charge < -0.3 is 20.5 Å². The van der Waals surface area contributed by atoms with E-state index in [0.29, 0.717) is 17.0 Å². The molecule has 1 saturated heterocycles. The van der Waals surface area contributed by atoms with Crippen LogP contribution in [0.2, 0.25) is 5.02 Å². The van der Waals surface area contributed by atoms with Crippen molar-refractivity contribution in [3.8, 4) is 0 Å². The molecule has 1 aliphatic rings. The number of hydrogen-bond donors (Lipinski definition) is 2. The summed E-state index contributed by atoms with van der Waals surface area (Å²) in [5.74, 6) is -1.02. The molecule has 3 aromatic rings. The summed E-state index contributed by atoms with van der Waals surface area (Å²) in [5, 5.41) is 2.50. The number of aryl methyl sites for hydroxylation is 1. The number of halogens is 3. The van der Waals surface area contributed by atoms with E-state index in [2.05, 4.69) is 20.3 Å². The zero-order valence-corrected chi connectivity index (χ0v) is 17.8. The van der Waals surface area contributed by atoms with Crippen molar-refractivity contribution in [3.05, 3.63) is 46.8 Å². The fourth-order valence-electron chi connectivity index (χ4n) is 3.77. The van der Waals surface area contributed by atoms with E-state index >= 15 is 0 Å². The number of nitrogen functional groups attached to an aromatic ring is 1. The summed E-state index contributed by atoms with van der Waals surface area (Å²) in [5.41, 5.74) is 6.74. The predicted molar refractivity (Wildman–Crippen MR) is 113 cm³/mol. The Morgan fingerprint density at radius 2 is 2.12 bits per heavy atom. The second-order valence-corrected chi connectivity index (χ2v) is 7.91. The largest absolute Gasteiger partial charge is 0.382 e. The lowest BCUT2D eigenvalue weighted by Gasteiger charge is -2.24. The van der Waals surface area contributed by atoms with Gasteiger partial charge in [-0.3, -0.25) is 9.59 Å². The number of imidazole rings is 1. The van der Waals surface area contributed by atoms with Crippen molar-refractivity contribution in [1.29, 1.82) is 0 Å². The molecule has 0 spiro atoms. The Balaban J connectivity index is 1.49. The third-order valence-electron chi connectivity index (χ3n) is 5.40. The highest BCUT2D eigenvalue weighted by atomic mass is 35.5. The number of nitrogens with one attached hydrogen (secondary N) is 1. The lowest BCUT2D eigenvalue weighted by molar-refractivity contribution is -0.139. The SMILES string of the molecule is Cc1nc2c(N)ncnc2n1CC(=O)N1C[C@H](F)C[C@H]1C(=O)NCc1cccc(Cl)c1F. The maximum atomic E-state index is 14.2. The smallest absolute Gasteiger partial charge is 0.243 e. The summed E-state index contributed by atoms with van der Waals surface area (Å²) in [6.07, 6.45) is -0.233. The Bertz CT molecular complexity index is 1200. The molecule has 2 amide bonds. The lowest BCUT2D eigenvalue weighted by atomic mass is 10.1. The van der Waals surface area contributed by atoms with Gasteiger partial charge >= 0.3 is 0 Å². The van der Waals surface area contributed by atoms with Crippen molar-refractivity contribution in [2.75, 3.05) is 12.3 Å². The fourth-order valence-corrected chi connectivity index (χ4v) is 3.97. The number of likely N-dealkylation sites (tertiary alicyclic amines) is 1. The maximum Gasteiger partial charge on any atom is 0.243 e. The molecule has 9 nitrogen and oxygen atoms in total. The van der Waals surface area contributed by atoms with Crippen LogP contribution in [-0.2, 0) is 22.7 Å². The van der Waals surface area contributed by atoms with Gasteiger partial charge in [0, 0.05) is 18.5 Å². The van der Waals surface area contributed by atoms with Crippen LogP contribution in [0.25, 0.3) is 11.2 Å². The standard InChI is InChI=1S/C20H20ClF2N7O2/c1-10-28-17-18(24)26-9-27-19(17)29(10)8-15(31)30-7-12(22)5-14(30)20(32)25-6-11-3-2-4-13(21)16(11)23/h2-4,9,12,14H,5-8H2,1H3,(H,25,32)(H2,24,26,27)/t12-,14+/m1/s1. The second-order valence-electron chi connectivity index (χ2n) is 7.50. The zero-order chi connectivity index (χ0) is 23.0. The van der Waals surface area contributed by atoms with Gasteiger partial charge in [0.25, 0.3) is 0 Å². The van der Waals surface area contributed by atoms with E-state index in [-0.39, 0.29) is 42.5 Å². The van der Waals surface area contributed by atoms with Crippen LogP contribution in [0.15, 0.2) is 24.5 Å². The molecule has 0 radical (unpaired) electrons. The molecule has 3 N–H and O–H groups in total. The number of fused-ring (bicyclic) bond motifs is 1. The summed E-state index contributed by atoms with van der Waals surface area (Å²) < 4.78 is 29.8. The number of aromatic nitrogens is 4. The first-order valence-electron chi connectivity index (χ1n) is 9.83. The summed E-state index contributed by atoms with van der Waals surface area (Å²) in [6, 6.07) is 3.42. The van der Waals surface area contributed by atoms with Crippen molar-refractivity contribution < 1.29 is 18.4 Å². The number of hydrogen-bond acceptors (Lipinski definition) is 6. The number of benzene rings is 1. The number of nitrogens with zero attached hydrogens (tertiary/aromatic N) is 5. The van der Waals surface area contributed by atoms with Crippen LogP contribution in [0.4, 0.5) is 14.6 Å². The molecule has 168 valence electrons. The molecule has 4 rings (SSSR count). The zero-order valence-electron chi connectivity index (χ0n) is 17.1. The van der Waals surface area contributed by atoms with Gasteiger partial charge in [-0.1, -0.05) is 23.7 Å². The summed E-state index contributed by atoms with van der Waals surface area (Å²) in [6.45, 7) is 1.13. The van der Waals surface area contributed by atoms with E-state index in [4.69, 9.17) is 17.3 Å². The lowest BCUT2D eigenvalue weighted by Crippen LogP contribution is -2.46. The molecule has 0 bridgehead atoms. The van der Waals surface area contributed by atoms with Gasteiger partial charge in [-0.25, -0.2) is 23.7 Å². The van der Waals surface area contributed by atoms with E-state index in [1.54, 1.807) is 13.0 Å².